The molecule has 19 heavy (non-hydrogen) atoms. The SMILES string of the molecule is CNc1conc1C1Cc2cc(C)ccc2C(C)C1. The first-order chi connectivity index (χ1) is 9.19. The molecular formula is C16H20N2O. The number of aromatic nitrogens is 1. The summed E-state index contributed by atoms with van der Waals surface area (Å²) in [6.07, 6.45) is 3.89. The zero-order chi connectivity index (χ0) is 13.4. The molecule has 0 radical (unpaired) electrons. The van der Waals surface area contributed by atoms with Gasteiger partial charge in [0.25, 0.3) is 0 Å². The van der Waals surface area contributed by atoms with Gasteiger partial charge in [0, 0.05) is 13.0 Å². The Bertz CT molecular complexity index is 588. The van der Waals surface area contributed by atoms with E-state index in [0.29, 0.717) is 11.8 Å². The maximum Gasteiger partial charge on any atom is 0.147 e. The van der Waals surface area contributed by atoms with Crippen LogP contribution >= 0.6 is 0 Å². The molecule has 0 saturated carbocycles. The molecule has 2 atom stereocenters. The minimum absolute atomic E-state index is 0.450. The van der Waals surface area contributed by atoms with Crippen LogP contribution in [0.5, 0.6) is 0 Å². The highest BCUT2D eigenvalue weighted by Crippen LogP contribution is 2.41. The van der Waals surface area contributed by atoms with E-state index in [9.17, 15) is 0 Å². The lowest BCUT2D eigenvalue weighted by molar-refractivity contribution is 0.395. The number of anilines is 1. The van der Waals surface area contributed by atoms with Gasteiger partial charge in [0.05, 0.1) is 5.69 Å². The third-order valence-electron chi connectivity index (χ3n) is 4.19. The number of nitrogens with one attached hydrogen (secondary N) is 1. The number of nitrogens with zero attached hydrogens (tertiary/aromatic N) is 1. The summed E-state index contributed by atoms with van der Waals surface area (Å²) < 4.78 is 5.12. The molecule has 0 bridgehead atoms. The fraction of sp³-hybridized carbons (Fsp3) is 0.438. The topological polar surface area (TPSA) is 38.1 Å². The Morgan fingerprint density at radius 1 is 1.37 bits per heavy atom. The second-order valence-corrected chi connectivity index (χ2v) is 5.60. The van der Waals surface area contributed by atoms with Gasteiger partial charge in [-0.2, -0.15) is 0 Å². The molecule has 0 aliphatic heterocycles. The van der Waals surface area contributed by atoms with Gasteiger partial charge < -0.3 is 9.84 Å². The Hall–Kier alpha value is -1.77. The molecule has 3 heteroatoms. The number of hydrogen-bond donors (Lipinski definition) is 1. The van der Waals surface area contributed by atoms with Gasteiger partial charge >= 0.3 is 0 Å². The van der Waals surface area contributed by atoms with Crippen LogP contribution in [-0.4, -0.2) is 12.2 Å². The average Bonchev–Trinajstić information content (AvgIpc) is 2.86. The molecule has 3 rings (SSSR count). The fourth-order valence-corrected chi connectivity index (χ4v) is 3.23. The van der Waals surface area contributed by atoms with E-state index in [4.69, 9.17) is 4.52 Å². The summed E-state index contributed by atoms with van der Waals surface area (Å²) in [5, 5.41) is 7.37. The first-order valence-corrected chi connectivity index (χ1v) is 6.90. The van der Waals surface area contributed by atoms with Crippen LogP contribution in [0.15, 0.2) is 29.0 Å². The number of rotatable bonds is 2. The number of hydrogen-bond acceptors (Lipinski definition) is 3. The van der Waals surface area contributed by atoms with E-state index in [1.165, 1.54) is 16.7 Å². The van der Waals surface area contributed by atoms with Crippen molar-refractivity contribution in [1.29, 1.82) is 0 Å². The summed E-state index contributed by atoms with van der Waals surface area (Å²) in [6, 6.07) is 6.81. The Labute approximate surface area is 114 Å². The Morgan fingerprint density at radius 3 is 3.00 bits per heavy atom. The Kier molecular flexibility index (Phi) is 3.05. The molecular weight excluding hydrogens is 236 g/mol. The van der Waals surface area contributed by atoms with Crippen LogP contribution in [0.3, 0.4) is 0 Å². The van der Waals surface area contributed by atoms with Crippen LogP contribution < -0.4 is 5.32 Å². The normalized spacial score (nSPS) is 22.1. The van der Waals surface area contributed by atoms with Gasteiger partial charge in [0.2, 0.25) is 0 Å². The van der Waals surface area contributed by atoms with Gasteiger partial charge in [-0.1, -0.05) is 35.8 Å². The largest absolute Gasteiger partial charge is 0.384 e. The fourth-order valence-electron chi connectivity index (χ4n) is 3.23. The van der Waals surface area contributed by atoms with Crippen molar-refractivity contribution in [2.75, 3.05) is 12.4 Å². The number of aryl methyl sites for hydroxylation is 1. The van der Waals surface area contributed by atoms with Gasteiger partial charge in [-0.05, 0) is 36.8 Å². The van der Waals surface area contributed by atoms with Gasteiger partial charge in [-0.3, -0.25) is 0 Å². The predicted octanol–water partition coefficient (Wildman–Crippen LogP) is 3.86. The van der Waals surface area contributed by atoms with Crippen LogP contribution in [0, 0.1) is 6.92 Å². The van der Waals surface area contributed by atoms with Crippen molar-refractivity contribution in [3.8, 4) is 0 Å². The van der Waals surface area contributed by atoms with Gasteiger partial charge in [-0.25, -0.2) is 0 Å². The van der Waals surface area contributed by atoms with Crippen molar-refractivity contribution in [2.45, 2.75) is 38.5 Å². The van der Waals surface area contributed by atoms with Gasteiger partial charge in [0.1, 0.15) is 12.0 Å². The van der Waals surface area contributed by atoms with Gasteiger partial charge in [0.15, 0.2) is 0 Å². The first kappa shape index (κ1) is 12.3. The summed E-state index contributed by atoms with van der Waals surface area (Å²) in [7, 11) is 1.92. The molecule has 0 spiro atoms. The average molecular weight is 256 g/mol. The molecule has 0 saturated heterocycles. The van der Waals surface area contributed by atoms with E-state index in [1.807, 2.05) is 7.05 Å². The molecule has 1 aromatic heterocycles. The van der Waals surface area contributed by atoms with E-state index in [-0.39, 0.29) is 0 Å². The molecule has 1 heterocycles. The highest BCUT2D eigenvalue weighted by atomic mass is 16.5. The van der Waals surface area contributed by atoms with Gasteiger partial charge in [-0.15, -0.1) is 0 Å². The molecule has 100 valence electrons. The van der Waals surface area contributed by atoms with E-state index >= 15 is 0 Å². The quantitative estimate of drug-likeness (QED) is 0.886. The highest BCUT2D eigenvalue weighted by Gasteiger charge is 2.28. The standard InChI is InChI=1S/C16H20N2O/c1-10-4-5-14-11(2)7-13(8-12(14)6-10)16-15(17-3)9-19-18-16/h4-6,9,11,13,17H,7-8H2,1-3H3. The molecule has 1 aromatic carbocycles. The first-order valence-electron chi connectivity index (χ1n) is 6.90. The molecule has 1 N–H and O–H groups in total. The Balaban J connectivity index is 1.96. The second-order valence-electron chi connectivity index (χ2n) is 5.60. The van der Waals surface area contributed by atoms with Crippen LogP contribution in [0.2, 0.25) is 0 Å². The van der Waals surface area contributed by atoms with E-state index in [0.717, 1.165) is 24.2 Å². The third kappa shape index (κ3) is 2.14. The number of fused-ring (bicyclic) bond motifs is 1. The molecule has 1 aliphatic carbocycles. The van der Waals surface area contributed by atoms with Crippen LogP contribution in [0.4, 0.5) is 5.69 Å². The van der Waals surface area contributed by atoms with Crippen molar-refractivity contribution >= 4 is 5.69 Å². The summed E-state index contributed by atoms with van der Waals surface area (Å²) in [5.74, 6) is 1.03. The second kappa shape index (κ2) is 4.72. The molecule has 0 amide bonds. The maximum absolute atomic E-state index is 5.12. The summed E-state index contributed by atoms with van der Waals surface area (Å²) in [5.41, 5.74) is 6.39. The smallest absolute Gasteiger partial charge is 0.147 e. The van der Waals surface area contributed by atoms with Crippen molar-refractivity contribution in [3.05, 3.63) is 46.8 Å². The zero-order valence-electron chi connectivity index (χ0n) is 11.7. The Morgan fingerprint density at radius 2 is 2.21 bits per heavy atom. The molecule has 3 nitrogen and oxygen atoms in total. The minimum Gasteiger partial charge on any atom is -0.384 e. The third-order valence-corrected chi connectivity index (χ3v) is 4.19. The lowest BCUT2D eigenvalue weighted by atomic mass is 9.76. The highest BCUT2D eigenvalue weighted by molar-refractivity contribution is 5.48. The van der Waals surface area contributed by atoms with Crippen LogP contribution in [0.1, 0.15) is 47.6 Å². The molecule has 2 aromatic rings. The van der Waals surface area contributed by atoms with Crippen molar-refractivity contribution in [1.82, 2.24) is 5.16 Å². The summed E-state index contributed by atoms with van der Waals surface area (Å²) >= 11 is 0. The monoisotopic (exact) mass is 256 g/mol. The zero-order valence-corrected chi connectivity index (χ0v) is 11.7. The summed E-state index contributed by atoms with van der Waals surface area (Å²) in [6.45, 7) is 4.46. The lowest BCUT2D eigenvalue weighted by Gasteiger charge is -2.29. The maximum atomic E-state index is 5.12. The molecule has 2 unspecified atom stereocenters. The predicted molar refractivity (Wildman–Crippen MR) is 76.7 cm³/mol. The number of benzene rings is 1. The minimum atomic E-state index is 0.450. The van der Waals surface area contributed by atoms with Crippen LogP contribution in [-0.2, 0) is 6.42 Å². The van der Waals surface area contributed by atoms with Crippen molar-refractivity contribution < 1.29 is 4.52 Å². The van der Waals surface area contributed by atoms with Crippen molar-refractivity contribution in [2.24, 2.45) is 0 Å². The van der Waals surface area contributed by atoms with Crippen LogP contribution in [0.25, 0.3) is 0 Å². The van der Waals surface area contributed by atoms with E-state index < -0.39 is 0 Å². The van der Waals surface area contributed by atoms with Crippen molar-refractivity contribution in [3.63, 3.8) is 0 Å². The summed E-state index contributed by atoms with van der Waals surface area (Å²) in [4.78, 5) is 0. The van der Waals surface area contributed by atoms with E-state index in [1.54, 1.807) is 6.26 Å². The van der Waals surface area contributed by atoms with E-state index in [2.05, 4.69) is 42.5 Å². The molecule has 1 aliphatic rings. The molecule has 0 fully saturated rings. The lowest BCUT2D eigenvalue weighted by Crippen LogP contribution is -2.17.